The molecule has 1 aliphatic carbocycles. The minimum Gasteiger partial charge on any atom is -0.398 e. The molecule has 0 saturated carbocycles. The molecule has 0 aliphatic heterocycles. The molecule has 0 saturated heterocycles. The summed E-state index contributed by atoms with van der Waals surface area (Å²) in [6, 6.07) is 42.8. The van der Waals surface area contributed by atoms with Gasteiger partial charge in [-0.3, -0.25) is 0 Å². The number of nitrogens with two attached hydrogens (primary N) is 2. The molecule has 166 valence electrons. The lowest BCUT2D eigenvalue weighted by Gasteiger charge is -2.37. The number of rotatable bonds is 2. The van der Waals surface area contributed by atoms with Crippen molar-refractivity contribution >= 4 is 32.9 Å². The fraction of sp³-hybridized carbons (Fsp3) is 0.0303. The summed E-state index contributed by atoms with van der Waals surface area (Å²) in [5, 5.41) is 4.62. The summed E-state index contributed by atoms with van der Waals surface area (Å²) in [4.78, 5) is 0. The lowest BCUT2D eigenvalue weighted by Crippen LogP contribution is -2.31. The summed E-state index contributed by atoms with van der Waals surface area (Å²) < 4.78 is 0. The summed E-state index contributed by atoms with van der Waals surface area (Å²) in [5.41, 5.74) is 21.8. The number of nitrogen functional groups attached to an aromatic ring is 2. The molecule has 7 rings (SSSR count). The summed E-state index contributed by atoms with van der Waals surface area (Å²) >= 11 is 0. The molecule has 0 bridgehead atoms. The van der Waals surface area contributed by atoms with E-state index in [1.807, 2.05) is 12.1 Å². The first-order chi connectivity index (χ1) is 17.2. The van der Waals surface area contributed by atoms with Crippen LogP contribution < -0.4 is 11.5 Å². The number of fused-ring (bicyclic) bond motifs is 5. The van der Waals surface area contributed by atoms with Crippen molar-refractivity contribution < 1.29 is 0 Å². The zero-order valence-electron chi connectivity index (χ0n) is 19.2. The number of hydrogen-bond donors (Lipinski definition) is 2. The Morgan fingerprint density at radius 3 is 1.29 bits per heavy atom. The average molecular weight is 449 g/mol. The molecule has 6 aromatic rings. The van der Waals surface area contributed by atoms with E-state index >= 15 is 0 Å². The van der Waals surface area contributed by atoms with E-state index in [9.17, 15) is 0 Å². The van der Waals surface area contributed by atoms with Crippen LogP contribution in [-0.2, 0) is 5.41 Å². The van der Waals surface area contributed by atoms with Crippen LogP contribution in [0.5, 0.6) is 0 Å². The molecule has 2 heteroatoms. The Morgan fingerprint density at radius 2 is 0.800 bits per heavy atom. The lowest BCUT2D eigenvalue weighted by molar-refractivity contribution is 0.790. The van der Waals surface area contributed by atoms with Gasteiger partial charge in [-0.25, -0.2) is 0 Å². The summed E-state index contributed by atoms with van der Waals surface area (Å²) in [6.45, 7) is 0. The third-order valence-electron chi connectivity index (χ3n) is 7.62. The van der Waals surface area contributed by atoms with Crippen LogP contribution in [0, 0.1) is 0 Å². The highest BCUT2D eigenvalue weighted by atomic mass is 14.6. The average Bonchev–Trinajstić information content (AvgIpc) is 3.19. The largest absolute Gasteiger partial charge is 0.398 e. The van der Waals surface area contributed by atoms with E-state index in [1.54, 1.807) is 0 Å². The predicted molar refractivity (Wildman–Crippen MR) is 148 cm³/mol. The standard InChI is InChI=1S/C33H24N2/c34-29-19-17-21-9-1-3-11-23(21)31(29)33(32-24-12-4-2-10-22(24)18-20-30(32)35)27-15-7-5-13-25(27)26-14-6-8-16-28(26)33/h1-20H,34-35H2. The quantitative estimate of drug-likeness (QED) is 0.269. The Morgan fingerprint density at radius 1 is 0.400 bits per heavy atom. The molecule has 6 aromatic carbocycles. The second-order valence-electron chi connectivity index (χ2n) is 9.34. The molecular formula is C33H24N2. The van der Waals surface area contributed by atoms with Crippen LogP contribution in [0.15, 0.2) is 121 Å². The second-order valence-corrected chi connectivity index (χ2v) is 9.34. The zero-order valence-corrected chi connectivity index (χ0v) is 19.2. The number of hydrogen-bond acceptors (Lipinski definition) is 2. The van der Waals surface area contributed by atoms with E-state index in [0.717, 1.165) is 44.0 Å². The lowest BCUT2D eigenvalue weighted by atomic mass is 9.64. The van der Waals surface area contributed by atoms with E-state index in [4.69, 9.17) is 11.5 Å². The molecule has 0 aromatic heterocycles. The van der Waals surface area contributed by atoms with Crippen molar-refractivity contribution in [2.75, 3.05) is 11.5 Å². The van der Waals surface area contributed by atoms with Gasteiger partial charge in [0.05, 0.1) is 5.41 Å². The normalized spacial score (nSPS) is 13.6. The van der Waals surface area contributed by atoms with Crippen LogP contribution in [0.3, 0.4) is 0 Å². The molecule has 1 aliphatic rings. The van der Waals surface area contributed by atoms with E-state index in [0.29, 0.717) is 0 Å². The molecule has 0 radical (unpaired) electrons. The van der Waals surface area contributed by atoms with Gasteiger partial charge in [-0.2, -0.15) is 0 Å². The van der Waals surface area contributed by atoms with Crippen molar-refractivity contribution in [3.63, 3.8) is 0 Å². The first-order valence-corrected chi connectivity index (χ1v) is 12.0. The maximum Gasteiger partial charge on any atom is 0.0765 e. The Kier molecular flexibility index (Phi) is 4.10. The molecule has 0 spiro atoms. The third-order valence-corrected chi connectivity index (χ3v) is 7.62. The van der Waals surface area contributed by atoms with E-state index in [1.165, 1.54) is 22.3 Å². The van der Waals surface area contributed by atoms with Crippen molar-refractivity contribution in [1.29, 1.82) is 0 Å². The Hall–Kier alpha value is -4.56. The molecule has 0 amide bonds. The molecular weight excluding hydrogens is 424 g/mol. The topological polar surface area (TPSA) is 52.0 Å². The highest BCUT2D eigenvalue weighted by Crippen LogP contribution is 2.60. The SMILES string of the molecule is Nc1ccc2ccccc2c1C1(c2c(N)ccc3ccccc23)c2ccccc2-c2ccccc21. The molecule has 35 heavy (non-hydrogen) atoms. The van der Waals surface area contributed by atoms with Crippen LogP contribution in [0.25, 0.3) is 32.7 Å². The van der Waals surface area contributed by atoms with Crippen LogP contribution >= 0.6 is 0 Å². The fourth-order valence-electron chi connectivity index (χ4n) is 6.31. The van der Waals surface area contributed by atoms with Gasteiger partial charge in [-0.05, 0) is 55.9 Å². The van der Waals surface area contributed by atoms with Gasteiger partial charge in [0.25, 0.3) is 0 Å². The first kappa shape index (κ1) is 19.9. The Bertz CT molecular complexity index is 1650. The minimum atomic E-state index is -0.664. The molecule has 0 atom stereocenters. The monoisotopic (exact) mass is 448 g/mol. The van der Waals surface area contributed by atoms with Crippen molar-refractivity contribution in [2.45, 2.75) is 5.41 Å². The number of anilines is 2. The van der Waals surface area contributed by atoms with E-state index in [-0.39, 0.29) is 0 Å². The van der Waals surface area contributed by atoms with E-state index < -0.39 is 5.41 Å². The molecule has 0 fully saturated rings. The third kappa shape index (κ3) is 2.54. The Balaban J connectivity index is 1.81. The maximum absolute atomic E-state index is 6.96. The number of benzene rings is 6. The first-order valence-electron chi connectivity index (χ1n) is 12.0. The molecule has 4 N–H and O–H groups in total. The molecule has 0 heterocycles. The highest BCUT2D eigenvalue weighted by molar-refractivity contribution is 6.02. The zero-order chi connectivity index (χ0) is 23.6. The fourth-order valence-corrected chi connectivity index (χ4v) is 6.31. The van der Waals surface area contributed by atoms with E-state index in [2.05, 4.69) is 109 Å². The summed E-state index contributed by atoms with van der Waals surface area (Å²) in [5.74, 6) is 0. The van der Waals surface area contributed by atoms with Gasteiger partial charge in [-0.1, -0.05) is 109 Å². The van der Waals surface area contributed by atoms with Gasteiger partial charge < -0.3 is 11.5 Å². The summed E-state index contributed by atoms with van der Waals surface area (Å²) in [6.07, 6.45) is 0. The Labute approximate surface area is 204 Å². The van der Waals surface area contributed by atoms with Gasteiger partial charge in [-0.15, -0.1) is 0 Å². The smallest absolute Gasteiger partial charge is 0.0765 e. The predicted octanol–water partition coefficient (Wildman–Crippen LogP) is 7.52. The second kappa shape index (κ2) is 7.22. The van der Waals surface area contributed by atoms with Crippen LogP contribution in [-0.4, -0.2) is 0 Å². The van der Waals surface area contributed by atoms with Crippen molar-refractivity contribution in [3.8, 4) is 11.1 Å². The van der Waals surface area contributed by atoms with Gasteiger partial charge in [0.15, 0.2) is 0 Å². The maximum atomic E-state index is 6.96. The van der Waals surface area contributed by atoms with Crippen LogP contribution in [0.1, 0.15) is 22.3 Å². The highest BCUT2D eigenvalue weighted by Gasteiger charge is 2.49. The molecule has 0 unspecified atom stereocenters. The van der Waals surface area contributed by atoms with Gasteiger partial charge in [0.2, 0.25) is 0 Å². The minimum absolute atomic E-state index is 0.664. The van der Waals surface area contributed by atoms with Gasteiger partial charge >= 0.3 is 0 Å². The van der Waals surface area contributed by atoms with Gasteiger partial charge in [0.1, 0.15) is 0 Å². The van der Waals surface area contributed by atoms with Gasteiger partial charge in [0, 0.05) is 22.5 Å². The van der Waals surface area contributed by atoms with Crippen molar-refractivity contribution in [3.05, 3.63) is 144 Å². The van der Waals surface area contributed by atoms with Crippen molar-refractivity contribution in [2.24, 2.45) is 0 Å². The molecule has 2 nitrogen and oxygen atoms in total. The summed E-state index contributed by atoms with van der Waals surface area (Å²) in [7, 11) is 0. The van der Waals surface area contributed by atoms with Crippen LogP contribution in [0.4, 0.5) is 11.4 Å². The van der Waals surface area contributed by atoms with Crippen molar-refractivity contribution in [1.82, 2.24) is 0 Å². The van der Waals surface area contributed by atoms with Crippen LogP contribution in [0.2, 0.25) is 0 Å².